The van der Waals surface area contributed by atoms with Gasteiger partial charge >= 0.3 is 0 Å². The Morgan fingerprint density at radius 2 is 1.62 bits per heavy atom. The molecular weight excluding hydrogens is 264 g/mol. The molecule has 0 amide bonds. The van der Waals surface area contributed by atoms with Gasteiger partial charge in [0, 0.05) is 12.1 Å². The summed E-state index contributed by atoms with van der Waals surface area (Å²) in [6.45, 7) is 4.70. The van der Waals surface area contributed by atoms with Gasteiger partial charge in [0.15, 0.2) is 0 Å². The molecule has 0 saturated heterocycles. The zero-order valence-corrected chi connectivity index (χ0v) is 13.6. The molecule has 2 rings (SSSR count). The molecule has 0 spiro atoms. The first-order valence-electron chi connectivity index (χ1n) is 7.68. The fourth-order valence-electron chi connectivity index (χ4n) is 3.27. The first kappa shape index (κ1) is 16.1. The zero-order chi connectivity index (χ0) is 15.5. The Hall–Kier alpha value is -1.26. The van der Waals surface area contributed by atoms with Crippen LogP contribution in [-0.4, -0.2) is 14.2 Å². The molecule has 1 fully saturated rings. The lowest BCUT2D eigenvalue weighted by molar-refractivity contribution is 0.161. The van der Waals surface area contributed by atoms with Gasteiger partial charge in [-0.1, -0.05) is 13.8 Å². The Morgan fingerprint density at radius 3 is 2.05 bits per heavy atom. The van der Waals surface area contributed by atoms with Crippen LogP contribution < -0.4 is 20.7 Å². The molecule has 0 radical (unpaired) electrons. The highest BCUT2D eigenvalue weighted by molar-refractivity contribution is 5.40. The van der Waals surface area contributed by atoms with Crippen molar-refractivity contribution in [2.45, 2.75) is 45.6 Å². The average molecular weight is 292 g/mol. The molecule has 1 aliphatic carbocycles. The third-order valence-electron chi connectivity index (χ3n) is 4.77. The number of methoxy groups -OCH3 is 2. The number of hydrazine groups is 1. The van der Waals surface area contributed by atoms with E-state index >= 15 is 0 Å². The lowest BCUT2D eigenvalue weighted by Crippen LogP contribution is -2.36. The first-order chi connectivity index (χ1) is 9.99. The van der Waals surface area contributed by atoms with Crippen LogP contribution in [0.15, 0.2) is 18.2 Å². The summed E-state index contributed by atoms with van der Waals surface area (Å²) in [7, 11) is 3.35. The Balaban J connectivity index is 2.21. The summed E-state index contributed by atoms with van der Waals surface area (Å²) >= 11 is 0. The number of ether oxygens (including phenoxy) is 2. The summed E-state index contributed by atoms with van der Waals surface area (Å²) < 4.78 is 10.7. The maximum absolute atomic E-state index is 5.85. The van der Waals surface area contributed by atoms with Crippen molar-refractivity contribution >= 4 is 0 Å². The molecule has 0 aromatic heterocycles. The van der Waals surface area contributed by atoms with Crippen molar-refractivity contribution in [3.63, 3.8) is 0 Å². The van der Waals surface area contributed by atoms with Gasteiger partial charge in [-0.2, -0.15) is 0 Å². The smallest absolute Gasteiger partial charge is 0.122 e. The molecule has 4 nitrogen and oxygen atoms in total. The molecule has 118 valence electrons. The molecular formula is C17H28N2O2. The second-order valence-corrected chi connectivity index (χ2v) is 6.79. The lowest BCUT2D eigenvalue weighted by atomic mass is 9.70. The van der Waals surface area contributed by atoms with Gasteiger partial charge < -0.3 is 9.47 Å². The summed E-state index contributed by atoms with van der Waals surface area (Å²) in [4.78, 5) is 0. The van der Waals surface area contributed by atoms with Crippen LogP contribution in [0.2, 0.25) is 0 Å². The molecule has 1 saturated carbocycles. The summed E-state index contributed by atoms with van der Waals surface area (Å²) in [5, 5.41) is 0. The van der Waals surface area contributed by atoms with E-state index in [1.165, 1.54) is 25.7 Å². The Labute approximate surface area is 128 Å². The largest absolute Gasteiger partial charge is 0.497 e. The van der Waals surface area contributed by atoms with Crippen LogP contribution in [0.1, 0.15) is 51.1 Å². The summed E-state index contributed by atoms with van der Waals surface area (Å²) in [5.41, 5.74) is 4.60. The molecule has 0 heterocycles. The maximum atomic E-state index is 5.85. The average Bonchev–Trinajstić information content (AvgIpc) is 2.49. The van der Waals surface area contributed by atoms with Gasteiger partial charge in [0.25, 0.3) is 0 Å². The predicted molar refractivity (Wildman–Crippen MR) is 85.3 cm³/mol. The zero-order valence-electron chi connectivity index (χ0n) is 13.6. The van der Waals surface area contributed by atoms with Crippen molar-refractivity contribution in [1.29, 1.82) is 0 Å². The second-order valence-electron chi connectivity index (χ2n) is 6.79. The number of nitrogens with two attached hydrogens (primary N) is 1. The van der Waals surface area contributed by atoms with Crippen molar-refractivity contribution in [2.75, 3.05) is 14.2 Å². The van der Waals surface area contributed by atoms with Crippen LogP contribution in [0.3, 0.4) is 0 Å². The topological polar surface area (TPSA) is 56.5 Å². The van der Waals surface area contributed by atoms with Gasteiger partial charge in [-0.15, -0.1) is 0 Å². The van der Waals surface area contributed by atoms with E-state index < -0.39 is 0 Å². The third-order valence-corrected chi connectivity index (χ3v) is 4.77. The quantitative estimate of drug-likeness (QED) is 0.645. The maximum Gasteiger partial charge on any atom is 0.122 e. The standard InChI is InChI=1S/C17H28N2O2/c1-17(2)7-5-12(6-8-17)16(19-18)13-9-14(20-3)11-15(10-13)21-4/h9-12,16,19H,5-8,18H2,1-4H3. The van der Waals surface area contributed by atoms with E-state index in [9.17, 15) is 0 Å². The predicted octanol–water partition coefficient (Wildman–Crippen LogP) is 3.42. The van der Waals surface area contributed by atoms with Crippen LogP contribution in [-0.2, 0) is 0 Å². The van der Waals surface area contributed by atoms with Crippen LogP contribution in [0.4, 0.5) is 0 Å². The Morgan fingerprint density at radius 1 is 1.10 bits per heavy atom. The summed E-state index contributed by atoms with van der Waals surface area (Å²) in [6.07, 6.45) is 4.89. The number of nitrogens with one attached hydrogen (secondary N) is 1. The van der Waals surface area contributed by atoms with Gasteiger partial charge in [0.2, 0.25) is 0 Å². The van der Waals surface area contributed by atoms with E-state index in [-0.39, 0.29) is 6.04 Å². The minimum absolute atomic E-state index is 0.144. The molecule has 4 heteroatoms. The fourth-order valence-corrected chi connectivity index (χ4v) is 3.27. The normalized spacial score (nSPS) is 20.0. The van der Waals surface area contributed by atoms with Gasteiger partial charge in [0.1, 0.15) is 11.5 Å². The monoisotopic (exact) mass is 292 g/mol. The Kier molecular flexibility index (Phi) is 5.12. The van der Waals surface area contributed by atoms with Crippen molar-refractivity contribution in [3.05, 3.63) is 23.8 Å². The molecule has 21 heavy (non-hydrogen) atoms. The number of benzene rings is 1. The Bertz CT molecular complexity index is 442. The van der Waals surface area contributed by atoms with E-state index in [0.717, 1.165) is 17.1 Å². The second kappa shape index (κ2) is 6.67. The van der Waals surface area contributed by atoms with E-state index in [1.807, 2.05) is 18.2 Å². The van der Waals surface area contributed by atoms with E-state index in [2.05, 4.69) is 19.3 Å². The van der Waals surface area contributed by atoms with Crippen molar-refractivity contribution in [2.24, 2.45) is 17.2 Å². The van der Waals surface area contributed by atoms with E-state index in [4.69, 9.17) is 15.3 Å². The summed E-state index contributed by atoms with van der Waals surface area (Å²) in [5.74, 6) is 8.02. The van der Waals surface area contributed by atoms with Crippen molar-refractivity contribution < 1.29 is 9.47 Å². The molecule has 1 aromatic rings. The minimum atomic E-state index is 0.144. The highest BCUT2D eigenvalue weighted by Gasteiger charge is 2.32. The first-order valence-corrected chi connectivity index (χ1v) is 7.68. The van der Waals surface area contributed by atoms with Crippen LogP contribution >= 0.6 is 0 Å². The van der Waals surface area contributed by atoms with E-state index in [1.54, 1.807) is 14.2 Å². The molecule has 1 atom stereocenters. The third kappa shape index (κ3) is 3.89. The van der Waals surface area contributed by atoms with Crippen molar-refractivity contribution in [3.8, 4) is 11.5 Å². The van der Waals surface area contributed by atoms with E-state index in [0.29, 0.717) is 11.3 Å². The van der Waals surface area contributed by atoms with Gasteiger partial charge in [-0.3, -0.25) is 11.3 Å². The molecule has 0 aliphatic heterocycles. The number of hydrogen-bond acceptors (Lipinski definition) is 4. The SMILES string of the molecule is COc1cc(OC)cc(C(NN)C2CCC(C)(C)CC2)c1. The molecule has 1 aliphatic rings. The molecule has 1 unspecified atom stereocenters. The van der Waals surface area contributed by atoms with Crippen LogP contribution in [0, 0.1) is 11.3 Å². The lowest BCUT2D eigenvalue weighted by Gasteiger charge is -2.38. The highest BCUT2D eigenvalue weighted by Crippen LogP contribution is 2.43. The minimum Gasteiger partial charge on any atom is -0.497 e. The van der Waals surface area contributed by atoms with Crippen molar-refractivity contribution in [1.82, 2.24) is 5.43 Å². The van der Waals surface area contributed by atoms with Gasteiger partial charge in [-0.05, 0) is 54.7 Å². The van der Waals surface area contributed by atoms with Gasteiger partial charge in [-0.25, -0.2) is 0 Å². The molecule has 0 bridgehead atoms. The fraction of sp³-hybridized carbons (Fsp3) is 0.647. The number of hydrogen-bond donors (Lipinski definition) is 2. The molecule has 3 N–H and O–H groups in total. The highest BCUT2D eigenvalue weighted by atomic mass is 16.5. The van der Waals surface area contributed by atoms with Crippen LogP contribution in [0.5, 0.6) is 11.5 Å². The van der Waals surface area contributed by atoms with Gasteiger partial charge in [0.05, 0.1) is 14.2 Å². The van der Waals surface area contributed by atoms with Crippen LogP contribution in [0.25, 0.3) is 0 Å². The summed E-state index contributed by atoms with van der Waals surface area (Å²) in [6, 6.07) is 6.13. The number of rotatable bonds is 5. The molecule has 1 aromatic carbocycles.